The Hall–Kier alpha value is -0.660. The number of nitrogens with one attached hydrogen (secondary N) is 2. The second-order valence-corrected chi connectivity index (χ2v) is 8.57. The summed E-state index contributed by atoms with van der Waals surface area (Å²) in [5.41, 5.74) is -0.935. The molecule has 6 nitrogen and oxygen atoms in total. The van der Waals surface area contributed by atoms with Crippen LogP contribution in [0.1, 0.15) is 33.6 Å². The van der Waals surface area contributed by atoms with Gasteiger partial charge in [0.2, 0.25) is 5.91 Å². The molecule has 0 aliphatic carbocycles. The Morgan fingerprint density at radius 2 is 2.15 bits per heavy atom. The highest BCUT2D eigenvalue weighted by molar-refractivity contribution is 7.91. The minimum Gasteiger partial charge on any atom is -0.388 e. The van der Waals surface area contributed by atoms with Crippen molar-refractivity contribution >= 4 is 15.7 Å². The van der Waals surface area contributed by atoms with Gasteiger partial charge in [-0.25, -0.2) is 8.42 Å². The molecule has 2 atom stereocenters. The van der Waals surface area contributed by atoms with Crippen molar-refractivity contribution in [1.29, 1.82) is 0 Å². The molecule has 0 aromatic rings. The summed E-state index contributed by atoms with van der Waals surface area (Å²) < 4.78 is 22.9. The normalized spacial score (nSPS) is 25.1. The Balaban J connectivity index is 2.37. The molecule has 0 saturated carbocycles. The maximum atomic E-state index is 11.8. The molecule has 0 radical (unpaired) electrons. The molecule has 1 heterocycles. The Morgan fingerprint density at radius 3 is 2.70 bits per heavy atom. The third kappa shape index (κ3) is 6.67. The van der Waals surface area contributed by atoms with E-state index in [0.29, 0.717) is 18.9 Å². The van der Waals surface area contributed by atoms with Gasteiger partial charge < -0.3 is 15.7 Å². The third-order valence-electron chi connectivity index (χ3n) is 3.25. The van der Waals surface area contributed by atoms with E-state index in [0.717, 1.165) is 0 Å². The highest BCUT2D eigenvalue weighted by Crippen LogP contribution is 2.15. The molecule has 1 aliphatic heterocycles. The molecule has 3 N–H and O–H groups in total. The first-order valence-corrected chi connectivity index (χ1v) is 8.85. The van der Waals surface area contributed by atoms with Crippen LogP contribution in [0.25, 0.3) is 0 Å². The molecule has 1 aliphatic rings. The molecule has 1 amide bonds. The zero-order valence-electron chi connectivity index (χ0n) is 12.5. The quantitative estimate of drug-likeness (QED) is 0.625. The predicted molar refractivity (Wildman–Crippen MR) is 78.2 cm³/mol. The van der Waals surface area contributed by atoms with Gasteiger partial charge in [-0.05, 0) is 19.3 Å². The van der Waals surface area contributed by atoms with E-state index in [4.69, 9.17) is 0 Å². The number of sulfone groups is 1. The molecule has 1 fully saturated rings. The van der Waals surface area contributed by atoms with Crippen LogP contribution in [0.2, 0.25) is 0 Å². The maximum absolute atomic E-state index is 11.8. The highest BCUT2D eigenvalue weighted by Gasteiger charge is 2.27. The lowest BCUT2D eigenvalue weighted by atomic mass is 9.94. The number of carbonyl (C=O) groups is 1. The van der Waals surface area contributed by atoms with Crippen molar-refractivity contribution in [2.45, 2.75) is 45.3 Å². The lowest BCUT2D eigenvalue weighted by Crippen LogP contribution is -2.48. The fraction of sp³-hybridized carbons (Fsp3) is 0.923. The van der Waals surface area contributed by atoms with Crippen LogP contribution in [0.5, 0.6) is 0 Å². The summed E-state index contributed by atoms with van der Waals surface area (Å²) >= 11 is 0. The van der Waals surface area contributed by atoms with Crippen molar-refractivity contribution < 1.29 is 18.3 Å². The number of hydrogen-bond acceptors (Lipinski definition) is 5. The summed E-state index contributed by atoms with van der Waals surface area (Å²) in [4.78, 5) is 11.8. The van der Waals surface area contributed by atoms with E-state index in [1.807, 2.05) is 13.8 Å². The standard InChI is InChI=1S/C13H26N2O4S/c1-10(2)7-13(3,17)9-15-12(16)6-11-8-20(18,19)5-4-14-11/h10-11,14,17H,4-9H2,1-3H3,(H,15,16). The highest BCUT2D eigenvalue weighted by atomic mass is 32.2. The Morgan fingerprint density at radius 1 is 1.50 bits per heavy atom. The SMILES string of the molecule is CC(C)CC(C)(O)CNC(=O)CC1CS(=O)(=O)CCN1. The second kappa shape index (κ2) is 6.87. The molecule has 20 heavy (non-hydrogen) atoms. The molecule has 118 valence electrons. The average Bonchev–Trinajstić information content (AvgIpc) is 2.23. The molecule has 0 bridgehead atoms. The van der Waals surface area contributed by atoms with Gasteiger partial charge in [-0.2, -0.15) is 0 Å². The van der Waals surface area contributed by atoms with Crippen molar-refractivity contribution in [3.8, 4) is 0 Å². The molecule has 0 aromatic heterocycles. The average molecular weight is 306 g/mol. The lowest BCUT2D eigenvalue weighted by molar-refractivity contribution is -0.122. The van der Waals surface area contributed by atoms with Crippen molar-refractivity contribution in [3.63, 3.8) is 0 Å². The Kier molecular flexibility index (Phi) is 5.97. The van der Waals surface area contributed by atoms with Crippen molar-refractivity contribution in [3.05, 3.63) is 0 Å². The Bertz CT molecular complexity index is 432. The van der Waals surface area contributed by atoms with Gasteiger partial charge in [0.1, 0.15) is 0 Å². The number of carbonyl (C=O) groups excluding carboxylic acids is 1. The molecule has 1 saturated heterocycles. The van der Waals surface area contributed by atoms with E-state index in [1.165, 1.54) is 0 Å². The first kappa shape index (κ1) is 17.4. The zero-order chi connectivity index (χ0) is 15.4. The first-order chi connectivity index (χ1) is 9.10. The summed E-state index contributed by atoms with van der Waals surface area (Å²) in [6, 6.07) is -0.330. The second-order valence-electron chi connectivity index (χ2n) is 6.34. The maximum Gasteiger partial charge on any atom is 0.221 e. The van der Waals surface area contributed by atoms with Crippen molar-refractivity contribution in [2.24, 2.45) is 5.92 Å². The molecule has 2 unspecified atom stereocenters. The third-order valence-corrected chi connectivity index (χ3v) is 4.98. The van der Waals surface area contributed by atoms with Gasteiger partial charge in [0.25, 0.3) is 0 Å². The van der Waals surface area contributed by atoms with Gasteiger partial charge in [-0.15, -0.1) is 0 Å². The Labute approximate surface area is 121 Å². The topological polar surface area (TPSA) is 95.5 Å². The molecule has 1 rings (SSSR count). The van der Waals surface area contributed by atoms with E-state index >= 15 is 0 Å². The van der Waals surface area contributed by atoms with Gasteiger partial charge >= 0.3 is 0 Å². The molecule has 0 aromatic carbocycles. The summed E-state index contributed by atoms with van der Waals surface area (Å²) in [5, 5.41) is 15.8. The van der Waals surface area contributed by atoms with Crippen LogP contribution in [-0.4, -0.2) is 55.7 Å². The smallest absolute Gasteiger partial charge is 0.221 e. The van der Waals surface area contributed by atoms with E-state index in [-0.39, 0.29) is 36.4 Å². The van der Waals surface area contributed by atoms with Gasteiger partial charge in [-0.3, -0.25) is 4.79 Å². The molecule has 7 heteroatoms. The number of hydrogen-bond donors (Lipinski definition) is 3. The number of amides is 1. The van der Waals surface area contributed by atoms with Gasteiger partial charge in [-0.1, -0.05) is 13.8 Å². The number of aliphatic hydroxyl groups is 1. The zero-order valence-corrected chi connectivity index (χ0v) is 13.3. The van der Waals surface area contributed by atoms with Crippen LogP contribution in [-0.2, 0) is 14.6 Å². The van der Waals surface area contributed by atoms with E-state index in [1.54, 1.807) is 6.92 Å². The molecule has 0 spiro atoms. The minimum atomic E-state index is -3.03. The summed E-state index contributed by atoms with van der Waals surface area (Å²) in [6.45, 7) is 6.28. The fourth-order valence-corrected chi connectivity index (χ4v) is 3.98. The van der Waals surface area contributed by atoms with Crippen LogP contribution >= 0.6 is 0 Å². The molecular formula is C13H26N2O4S. The van der Waals surface area contributed by atoms with Crippen LogP contribution in [0.15, 0.2) is 0 Å². The van der Waals surface area contributed by atoms with Gasteiger partial charge in [0.05, 0.1) is 17.1 Å². The van der Waals surface area contributed by atoms with Crippen LogP contribution in [0.3, 0.4) is 0 Å². The van der Waals surface area contributed by atoms with E-state index in [9.17, 15) is 18.3 Å². The van der Waals surface area contributed by atoms with Crippen LogP contribution < -0.4 is 10.6 Å². The largest absolute Gasteiger partial charge is 0.388 e. The lowest BCUT2D eigenvalue weighted by Gasteiger charge is -2.27. The van der Waals surface area contributed by atoms with E-state index in [2.05, 4.69) is 10.6 Å². The fourth-order valence-electron chi connectivity index (χ4n) is 2.54. The van der Waals surface area contributed by atoms with Crippen molar-refractivity contribution in [2.75, 3.05) is 24.6 Å². The van der Waals surface area contributed by atoms with Gasteiger partial charge in [0.15, 0.2) is 9.84 Å². The minimum absolute atomic E-state index is 0.00278. The predicted octanol–water partition coefficient (Wildman–Crippen LogP) is -0.324. The number of rotatable bonds is 6. The van der Waals surface area contributed by atoms with Crippen molar-refractivity contribution in [1.82, 2.24) is 10.6 Å². The summed E-state index contributed by atoms with van der Waals surface area (Å²) in [5.74, 6) is 0.243. The monoisotopic (exact) mass is 306 g/mol. The van der Waals surface area contributed by atoms with Gasteiger partial charge in [0, 0.05) is 25.6 Å². The van der Waals surface area contributed by atoms with Crippen LogP contribution in [0.4, 0.5) is 0 Å². The summed E-state index contributed by atoms with van der Waals surface area (Å²) in [7, 11) is -3.03. The first-order valence-electron chi connectivity index (χ1n) is 7.02. The van der Waals surface area contributed by atoms with E-state index < -0.39 is 15.4 Å². The van der Waals surface area contributed by atoms with Crippen LogP contribution in [0, 0.1) is 5.92 Å². The molecular weight excluding hydrogens is 280 g/mol. The summed E-state index contributed by atoms with van der Waals surface area (Å²) in [6.07, 6.45) is 0.723.